The van der Waals surface area contributed by atoms with Gasteiger partial charge in [0.25, 0.3) is 0 Å². The molecular formula is C30H39NO10. The van der Waals surface area contributed by atoms with Crippen molar-refractivity contribution >= 4 is 35.2 Å². The van der Waals surface area contributed by atoms with Crippen LogP contribution < -0.4 is 0 Å². The predicted molar refractivity (Wildman–Crippen MR) is 141 cm³/mol. The van der Waals surface area contributed by atoms with Crippen molar-refractivity contribution in [2.24, 2.45) is 28.6 Å². The Morgan fingerprint density at radius 1 is 1.07 bits per heavy atom. The minimum absolute atomic E-state index is 0.00604. The maximum atomic E-state index is 13.7. The standard InChI is InChI=1S/C30H39NO10/c1-28-9-7-17(32)11-16(28)3-4-19-20-8-10-30(40,29(20,2)13-22(34)26(19)28)23(35)15-41-25(37)6-5-24(36)31-14-18(33)12-21(31)27(38)39/h11,18-21,26,33,40H,3-10,12-15H2,1-2H3,(H,38,39)/t18-,19+,20-,21+,26-,28-,29-,30-/m0/s1. The van der Waals surface area contributed by atoms with E-state index in [9.17, 15) is 44.1 Å². The second-order valence-electron chi connectivity index (χ2n) is 13.2. The van der Waals surface area contributed by atoms with Crippen LogP contribution in [0.2, 0.25) is 0 Å². The van der Waals surface area contributed by atoms with E-state index in [0.717, 1.165) is 23.3 Å². The zero-order valence-corrected chi connectivity index (χ0v) is 23.6. The van der Waals surface area contributed by atoms with E-state index in [-0.39, 0.29) is 73.4 Å². The molecule has 0 aromatic rings. The predicted octanol–water partition coefficient (Wildman–Crippen LogP) is 1.37. The van der Waals surface area contributed by atoms with E-state index in [1.165, 1.54) is 0 Å². The summed E-state index contributed by atoms with van der Waals surface area (Å²) in [6, 6.07) is -1.16. The Hall–Kier alpha value is -2.92. The fourth-order valence-corrected chi connectivity index (χ4v) is 8.86. The van der Waals surface area contributed by atoms with Crippen LogP contribution in [0.15, 0.2) is 11.6 Å². The van der Waals surface area contributed by atoms with Gasteiger partial charge in [0.15, 0.2) is 12.4 Å². The van der Waals surface area contributed by atoms with Gasteiger partial charge < -0.3 is 25.0 Å². The number of esters is 1. The van der Waals surface area contributed by atoms with Gasteiger partial charge in [0.1, 0.15) is 17.4 Å². The highest BCUT2D eigenvalue weighted by molar-refractivity contribution is 5.95. The van der Waals surface area contributed by atoms with Crippen LogP contribution in [0.5, 0.6) is 0 Å². The molecule has 1 heterocycles. The molecule has 11 nitrogen and oxygen atoms in total. The Balaban J connectivity index is 1.21. The SMILES string of the molecule is C[C@]12CCC(=O)C=C1CC[C@H]1[C@H]2C(=O)C[C@@]2(C)[C@H]1CC[C@]2(O)C(=O)COC(=O)CCC(=O)N1C[C@@H](O)C[C@@H]1C(=O)O. The molecule has 3 saturated carbocycles. The summed E-state index contributed by atoms with van der Waals surface area (Å²) in [7, 11) is 0. The number of aliphatic carboxylic acids is 1. The molecular weight excluding hydrogens is 534 g/mol. The zero-order chi connectivity index (χ0) is 29.9. The molecule has 5 aliphatic rings. The van der Waals surface area contributed by atoms with E-state index >= 15 is 0 Å². The van der Waals surface area contributed by atoms with Crippen LogP contribution in [0.25, 0.3) is 0 Å². The molecule has 4 fully saturated rings. The van der Waals surface area contributed by atoms with E-state index < -0.39 is 53.4 Å². The molecule has 5 rings (SSSR count). The summed E-state index contributed by atoms with van der Waals surface area (Å²) in [6.45, 7) is 3.04. The highest BCUT2D eigenvalue weighted by Crippen LogP contribution is 2.66. The number of carbonyl (C=O) groups excluding carboxylic acids is 5. The summed E-state index contributed by atoms with van der Waals surface area (Å²) in [5, 5.41) is 30.7. The molecule has 0 bridgehead atoms. The first-order valence-electron chi connectivity index (χ1n) is 14.6. The van der Waals surface area contributed by atoms with Crippen molar-refractivity contribution in [2.45, 2.75) is 95.8 Å². The zero-order valence-electron chi connectivity index (χ0n) is 23.6. The number of carboxylic acid groups (broad SMARTS) is 1. The average Bonchev–Trinajstić information content (AvgIpc) is 3.43. The summed E-state index contributed by atoms with van der Waals surface area (Å²) in [6.07, 6.45) is 3.19. The number of aliphatic hydroxyl groups is 2. The van der Waals surface area contributed by atoms with E-state index in [2.05, 4.69) is 6.92 Å². The van der Waals surface area contributed by atoms with Crippen molar-refractivity contribution in [3.8, 4) is 0 Å². The number of hydrogen-bond donors (Lipinski definition) is 3. The number of hydrogen-bond acceptors (Lipinski definition) is 9. The second-order valence-corrected chi connectivity index (χ2v) is 13.2. The first-order valence-corrected chi connectivity index (χ1v) is 14.6. The van der Waals surface area contributed by atoms with Crippen LogP contribution in [0, 0.1) is 28.6 Å². The number of Topliss-reactive ketones (excluding diaryl/α,β-unsaturated/α-hetero) is 2. The number of ketones is 3. The topological polar surface area (TPSA) is 176 Å². The molecule has 224 valence electrons. The lowest BCUT2D eigenvalue weighted by molar-refractivity contribution is -0.174. The highest BCUT2D eigenvalue weighted by atomic mass is 16.5. The molecule has 4 aliphatic carbocycles. The number of allylic oxidation sites excluding steroid dienone is 1. The number of carboxylic acids is 1. The number of fused-ring (bicyclic) bond motifs is 5. The molecule has 0 spiro atoms. The first kappa shape index (κ1) is 29.6. The summed E-state index contributed by atoms with van der Waals surface area (Å²) < 4.78 is 5.14. The minimum Gasteiger partial charge on any atom is -0.480 e. The van der Waals surface area contributed by atoms with Crippen molar-refractivity contribution < 1.29 is 48.8 Å². The van der Waals surface area contributed by atoms with Crippen molar-refractivity contribution in [1.82, 2.24) is 4.90 Å². The lowest BCUT2D eigenvalue weighted by atomic mass is 9.46. The van der Waals surface area contributed by atoms with E-state index in [1.54, 1.807) is 13.0 Å². The molecule has 1 amide bonds. The Morgan fingerprint density at radius 3 is 2.51 bits per heavy atom. The third-order valence-electron chi connectivity index (χ3n) is 11.1. The molecule has 8 atom stereocenters. The molecule has 0 aromatic carbocycles. The summed E-state index contributed by atoms with van der Waals surface area (Å²) >= 11 is 0. The Morgan fingerprint density at radius 2 is 1.80 bits per heavy atom. The molecule has 0 aromatic heterocycles. The number of amides is 1. The Bertz CT molecular complexity index is 1230. The second kappa shape index (κ2) is 10.4. The number of rotatable bonds is 7. The smallest absolute Gasteiger partial charge is 0.326 e. The summed E-state index contributed by atoms with van der Waals surface area (Å²) in [5.74, 6) is -3.58. The molecule has 3 N–H and O–H groups in total. The molecule has 41 heavy (non-hydrogen) atoms. The molecule has 0 radical (unpaired) electrons. The molecule has 11 heteroatoms. The average molecular weight is 574 g/mol. The maximum absolute atomic E-state index is 13.7. The first-order chi connectivity index (χ1) is 19.2. The van der Waals surface area contributed by atoms with Crippen LogP contribution in [0.1, 0.15) is 78.1 Å². The third-order valence-corrected chi connectivity index (χ3v) is 11.1. The molecule has 1 saturated heterocycles. The Labute approximate surface area is 238 Å². The van der Waals surface area contributed by atoms with E-state index in [4.69, 9.17) is 4.74 Å². The van der Waals surface area contributed by atoms with Crippen molar-refractivity contribution in [1.29, 1.82) is 0 Å². The number of nitrogens with zero attached hydrogens (tertiary/aromatic N) is 1. The number of carbonyl (C=O) groups is 6. The molecule has 1 aliphatic heterocycles. The Kier molecular flexibility index (Phi) is 7.51. The van der Waals surface area contributed by atoms with Crippen molar-refractivity contribution in [2.75, 3.05) is 13.2 Å². The van der Waals surface area contributed by atoms with Gasteiger partial charge in [-0.3, -0.25) is 24.0 Å². The van der Waals surface area contributed by atoms with Gasteiger partial charge >= 0.3 is 11.9 Å². The van der Waals surface area contributed by atoms with E-state index in [1.807, 2.05) is 0 Å². The van der Waals surface area contributed by atoms with E-state index in [0.29, 0.717) is 19.3 Å². The van der Waals surface area contributed by atoms with Crippen LogP contribution in [-0.4, -0.2) is 86.3 Å². The summed E-state index contributed by atoms with van der Waals surface area (Å²) in [4.78, 5) is 76.4. The fourth-order valence-electron chi connectivity index (χ4n) is 8.86. The van der Waals surface area contributed by atoms with Crippen LogP contribution >= 0.6 is 0 Å². The molecule has 0 unspecified atom stereocenters. The number of aliphatic hydroxyl groups excluding tert-OH is 1. The van der Waals surface area contributed by atoms with Crippen LogP contribution in [0.3, 0.4) is 0 Å². The van der Waals surface area contributed by atoms with Gasteiger partial charge in [-0.2, -0.15) is 0 Å². The van der Waals surface area contributed by atoms with Crippen LogP contribution in [0.4, 0.5) is 0 Å². The lowest BCUT2D eigenvalue weighted by Gasteiger charge is -2.57. The quantitative estimate of drug-likeness (QED) is 0.377. The highest BCUT2D eigenvalue weighted by Gasteiger charge is 2.68. The monoisotopic (exact) mass is 573 g/mol. The fraction of sp³-hybridized carbons (Fsp3) is 0.733. The van der Waals surface area contributed by atoms with Crippen molar-refractivity contribution in [3.05, 3.63) is 11.6 Å². The van der Waals surface area contributed by atoms with Crippen LogP contribution in [-0.2, 0) is 33.5 Å². The normalized spacial score (nSPS) is 39.9. The van der Waals surface area contributed by atoms with Gasteiger partial charge in [0, 0.05) is 43.6 Å². The number of ether oxygens (including phenoxy) is 1. The minimum atomic E-state index is -1.84. The maximum Gasteiger partial charge on any atom is 0.326 e. The summed E-state index contributed by atoms with van der Waals surface area (Å²) in [5.41, 5.74) is -2.19. The number of β-amino-alcohol motifs (C(OH)–C–C–N with tert-alkyl or cyclic N) is 1. The van der Waals surface area contributed by atoms with Crippen molar-refractivity contribution in [3.63, 3.8) is 0 Å². The lowest BCUT2D eigenvalue weighted by Crippen LogP contribution is -2.61. The number of likely N-dealkylation sites (tertiary alicyclic amines) is 1. The van der Waals surface area contributed by atoms with Gasteiger partial charge in [-0.1, -0.05) is 19.4 Å². The van der Waals surface area contributed by atoms with Gasteiger partial charge in [-0.15, -0.1) is 0 Å². The van der Waals surface area contributed by atoms with Gasteiger partial charge in [-0.05, 0) is 55.4 Å². The van der Waals surface area contributed by atoms with Gasteiger partial charge in [0.05, 0.1) is 12.5 Å². The largest absolute Gasteiger partial charge is 0.480 e. The van der Waals surface area contributed by atoms with Gasteiger partial charge in [0.2, 0.25) is 11.7 Å². The third kappa shape index (κ3) is 4.74. The van der Waals surface area contributed by atoms with Gasteiger partial charge in [-0.25, -0.2) is 4.79 Å².